The summed E-state index contributed by atoms with van der Waals surface area (Å²) in [6.07, 6.45) is 7.67. The van der Waals surface area contributed by atoms with Gasteiger partial charge in [0, 0.05) is 14.1 Å². The summed E-state index contributed by atoms with van der Waals surface area (Å²) in [5.74, 6) is 0. The molecule has 2 aliphatic rings. The van der Waals surface area contributed by atoms with E-state index in [1.54, 1.807) is 0 Å². The smallest absolute Gasteiger partial charge is 0.236 e. The fourth-order valence-corrected chi connectivity index (χ4v) is 8.67. The van der Waals surface area contributed by atoms with Crippen molar-refractivity contribution in [2.75, 3.05) is 20.6 Å². The summed E-state index contributed by atoms with van der Waals surface area (Å²) in [6.45, 7) is 13.5. The highest BCUT2D eigenvalue weighted by Crippen LogP contribution is 2.51. The van der Waals surface area contributed by atoms with Gasteiger partial charge in [-0.1, -0.05) is 63.0 Å². The van der Waals surface area contributed by atoms with E-state index < -0.39 is 15.1 Å². The molecule has 0 bridgehead atoms. The highest BCUT2D eigenvalue weighted by atomic mass is 28.3. The minimum atomic E-state index is -0.405. The number of nitrogens with zero attached hydrogens (tertiary/aromatic N) is 1. The topological polar surface area (TPSA) is 0 Å². The van der Waals surface area contributed by atoms with E-state index in [1.807, 2.05) is 21.4 Å². The van der Waals surface area contributed by atoms with Crippen LogP contribution in [0.2, 0.25) is 19.2 Å². The molecule has 3 heteroatoms. The van der Waals surface area contributed by atoms with E-state index in [9.17, 15) is 0 Å². The summed E-state index contributed by atoms with van der Waals surface area (Å²) in [5, 5.41) is 3.82. The molecule has 0 saturated heterocycles. The molecule has 0 saturated carbocycles. The Morgan fingerprint density at radius 2 is 1.71 bits per heavy atom. The van der Waals surface area contributed by atoms with Gasteiger partial charge in [0.25, 0.3) is 0 Å². The first-order chi connectivity index (χ1) is 9.90. The third kappa shape index (κ3) is 2.32. The Morgan fingerprint density at radius 3 is 2.19 bits per heavy atom. The molecule has 0 spiro atoms. The maximum absolute atomic E-state index is 2.59. The third-order valence-electron chi connectivity index (χ3n) is 6.85. The van der Waals surface area contributed by atoms with Crippen LogP contribution in [-0.2, 0) is 0 Å². The van der Waals surface area contributed by atoms with E-state index in [2.05, 4.69) is 48.3 Å². The van der Waals surface area contributed by atoms with E-state index in [4.69, 9.17) is 0 Å². The number of hydrogen-bond acceptors (Lipinski definition) is 0. The van der Waals surface area contributed by atoms with E-state index in [0.29, 0.717) is 0 Å². The van der Waals surface area contributed by atoms with Crippen LogP contribution in [0.1, 0.15) is 53.4 Å². The molecule has 21 heavy (non-hydrogen) atoms. The van der Waals surface area contributed by atoms with Crippen LogP contribution >= 0.6 is 0 Å². The molecule has 2 rings (SSSR count). The second-order valence-electron chi connectivity index (χ2n) is 7.88. The van der Waals surface area contributed by atoms with Crippen LogP contribution in [0.25, 0.3) is 0 Å². The zero-order valence-electron chi connectivity index (χ0n) is 15.5. The average Bonchev–Trinajstić information content (AvgIpc) is 2.84. The van der Waals surface area contributed by atoms with Crippen molar-refractivity contribution in [1.29, 1.82) is 0 Å². The molecule has 0 unspecified atom stereocenters. The highest BCUT2D eigenvalue weighted by molar-refractivity contribution is 6.87. The van der Waals surface area contributed by atoms with Gasteiger partial charge in [0.1, 0.15) is 8.80 Å². The summed E-state index contributed by atoms with van der Waals surface area (Å²) < 4.78 is 1.25. The van der Waals surface area contributed by atoms with Gasteiger partial charge in [0.15, 0.2) is 0 Å². The van der Waals surface area contributed by atoms with Gasteiger partial charge in [-0.05, 0) is 12.8 Å². The fraction of sp³-hybridized carbons (Fsp3) is 0.778. The Hall–Kier alpha value is -0.278. The molecule has 0 aromatic heterocycles. The van der Waals surface area contributed by atoms with E-state index in [-0.39, 0.29) is 0 Å². The van der Waals surface area contributed by atoms with Crippen LogP contribution in [0.15, 0.2) is 21.4 Å². The molecule has 0 fully saturated rings. The molecular formula is C18H35BNSi. The van der Waals surface area contributed by atoms with E-state index in [1.165, 1.54) is 49.3 Å². The van der Waals surface area contributed by atoms with Crippen LogP contribution < -0.4 is 0 Å². The molecule has 0 aliphatic carbocycles. The Balaban J connectivity index is 2.52. The van der Waals surface area contributed by atoms with Crippen LogP contribution in [0.3, 0.4) is 0 Å². The van der Waals surface area contributed by atoms with Crippen molar-refractivity contribution < 1.29 is 4.39 Å². The van der Waals surface area contributed by atoms with Gasteiger partial charge in [-0.15, -0.1) is 18.1 Å². The Labute approximate surface area is 134 Å². The van der Waals surface area contributed by atoms with E-state index >= 15 is 0 Å². The highest BCUT2D eigenvalue weighted by Gasteiger charge is 2.52. The van der Waals surface area contributed by atoms with Crippen LogP contribution in [0, 0.1) is 0 Å². The molecule has 1 radical (unpaired) electrons. The molecule has 0 aromatic rings. The normalized spacial score (nSPS) is 24.1. The predicted octanol–water partition coefficient (Wildman–Crippen LogP) is 5.01. The van der Waals surface area contributed by atoms with Gasteiger partial charge in [-0.2, -0.15) is 0 Å². The van der Waals surface area contributed by atoms with Crippen molar-refractivity contribution in [3.8, 4) is 0 Å². The monoisotopic (exact) mass is 304 g/mol. The van der Waals surface area contributed by atoms with Crippen molar-refractivity contribution in [1.82, 2.24) is 0 Å². The summed E-state index contributed by atoms with van der Waals surface area (Å²) >= 11 is 0. The minimum absolute atomic E-state index is 0.398. The van der Waals surface area contributed by atoms with E-state index in [0.717, 1.165) is 0 Å². The second-order valence-corrected chi connectivity index (χ2v) is 10.3. The Kier molecular flexibility index (Phi) is 4.94. The number of rotatable bonds is 6. The number of hydrogen-bond donors (Lipinski definition) is 0. The van der Waals surface area contributed by atoms with Crippen molar-refractivity contribution in [3.05, 3.63) is 21.4 Å². The zero-order valence-corrected chi connectivity index (χ0v) is 16.5. The SMILES string of the molecule is CCCCC1=C(CC)C2=C(C[N+](C)(C)[B-]2(CC)CC)[Si]1C. The third-order valence-corrected chi connectivity index (χ3v) is 9.64. The van der Waals surface area contributed by atoms with Gasteiger partial charge in [0.2, 0.25) is 6.28 Å². The summed E-state index contributed by atoms with van der Waals surface area (Å²) in [7, 11) is 4.59. The van der Waals surface area contributed by atoms with Crippen molar-refractivity contribution in [3.63, 3.8) is 0 Å². The lowest BCUT2D eigenvalue weighted by Gasteiger charge is -2.53. The first-order valence-electron chi connectivity index (χ1n) is 9.21. The minimum Gasteiger partial charge on any atom is -0.513 e. The first-order valence-corrected chi connectivity index (χ1v) is 11.2. The van der Waals surface area contributed by atoms with Crippen LogP contribution in [-0.4, -0.2) is 40.1 Å². The molecule has 119 valence electrons. The number of likely N-dealkylation sites (N-methyl/N-ethyl adjacent to an activating group) is 1. The Bertz CT molecular complexity index is 472. The lowest BCUT2D eigenvalue weighted by atomic mass is 9.25. The summed E-state index contributed by atoms with van der Waals surface area (Å²) in [4.78, 5) is 0. The van der Waals surface area contributed by atoms with Gasteiger partial charge in [-0.3, -0.25) is 0 Å². The maximum atomic E-state index is 2.59. The average molecular weight is 304 g/mol. The maximum Gasteiger partial charge on any atom is 0.236 e. The molecule has 2 aliphatic heterocycles. The van der Waals surface area contributed by atoms with Gasteiger partial charge >= 0.3 is 0 Å². The first kappa shape index (κ1) is 17.1. The van der Waals surface area contributed by atoms with Gasteiger partial charge in [0.05, 0.1) is 6.54 Å². The van der Waals surface area contributed by atoms with Crippen molar-refractivity contribution >= 4 is 15.1 Å². The molecule has 1 nitrogen and oxygen atoms in total. The van der Waals surface area contributed by atoms with Gasteiger partial charge in [-0.25, -0.2) is 0 Å². The fourth-order valence-electron chi connectivity index (χ4n) is 5.52. The van der Waals surface area contributed by atoms with Crippen molar-refractivity contribution in [2.24, 2.45) is 0 Å². The molecule has 0 atom stereocenters. The second kappa shape index (κ2) is 6.08. The zero-order chi connectivity index (χ0) is 15.8. The molecular weight excluding hydrogens is 269 g/mol. The van der Waals surface area contributed by atoms with Crippen molar-refractivity contribution in [2.45, 2.75) is 72.6 Å². The number of quaternary nitrogens is 1. The predicted molar refractivity (Wildman–Crippen MR) is 99.2 cm³/mol. The quantitative estimate of drug-likeness (QED) is 0.605. The molecule has 0 amide bonds. The number of allylic oxidation sites excluding steroid dienone is 3. The summed E-state index contributed by atoms with van der Waals surface area (Å²) in [6, 6.07) is 0. The standard InChI is InChI=1S/C18H35BNSi/c1-8-12-13-16-15(9-2)18-17(21(16)7)14-20(5,6)19(18,10-3)11-4/h8-14H2,1-7H3. The molecule has 0 N–H and O–H groups in total. The number of unbranched alkanes of at least 4 members (excludes halogenated alkanes) is 1. The largest absolute Gasteiger partial charge is 0.513 e. The summed E-state index contributed by atoms with van der Waals surface area (Å²) in [5.41, 5.74) is 3.72. The lowest BCUT2D eigenvalue weighted by Crippen LogP contribution is -2.61. The van der Waals surface area contributed by atoms with Crippen LogP contribution in [0.5, 0.6) is 0 Å². The van der Waals surface area contributed by atoms with Crippen LogP contribution in [0.4, 0.5) is 0 Å². The molecule has 0 aromatic carbocycles. The van der Waals surface area contributed by atoms with Gasteiger partial charge < -0.3 is 4.39 Å². The lowest BCUT2D eigenvalue weighted by molar-refractivity contribution is -0.781. The Morgan fingerprint density at radius 1 is 1.10 bits per heavy atom. The molecule has 2 heterocycles.